The van der Waals surface area contributed by atoms with Crippen LogP contribution in [0.15, 0.2) is 42.6 Å². The molecule has 0 saturated carbocycles. The minimum absolute atomic E-state index is 0.398. The molecule has 2 N–H and O–H groups in total. The third-order valence-corrected chi connectivity index (χ3v) is 4.06. The fourth-order valence-corrected chi connectivity index (χ4v) is 2.70. The highest BCUT2D eigenvalue weighted by molar-refractivity contribution is 6.30. The molecule has 114 valence electrons. The Labute approximate surface area is 134 Å². The fraction of sp³-hybridized carbons (Fsp3) is 0.250. The largest absolute Gasteiger partial charge is 0.368 e. The predicted octanol–water partition coefficient (Wildman–Crippen LogP) is 2.16. The lowest BCUT2D eigenvalue weighted by atomic mass is 10.1. The summed E-state index contributed by atoms with van der Waals surface area (Å²) < 4.78 is 0. The van der Waals surface area contributed by atoms with E-state index >= 15 is 0 Å². The lowest BCUT2D eigenvalue weighted by Gasteiger charge is -2.36. The van der Waals surface area contributed by atoms with Crippen LogP contribution in [-0.2, 0) is 0 Å². The van der Waals surface area contributed by atoms with Gasteiger partial charge in [0, 0.05) is 43.6 Å². The van der Waals surface area contributed by atoms with Crippen molar-refractivity contribution in [2.75, 3.05) is 36.0 Å². The lowest BCUT2D eigenvalue weighted by molar-refractivity contribution is 0.100. The Hall–Kier alpha value is -2.27. The van der Waals surface area contributed by atoms with E-state index in [1.807, 2.05) is 24.3 Å². The number of anilines is 2. The van der Waals surface area contributed by atoms with Gasteiger partial charge in [-0.25, -0.2) is 4.98 Å². The van der Waals surface area contributed by atoms with Gasteiger partial charge in [-0.05, 0) is 36.4 Å². The van der Waals surface area contributed by atoms with Crippen LogP contribution >= 0.6 is 11.6 Å². The molecule has 3 rings (SSSR count). The van der Waals surface area contributed by atoms with E-state index in [1.165, 1.54) is 0 Å². The molecule has 2 heterocycles. The summed E-state index contributed by atoms with van der Waals surface area (Å²) in [6.07, 6.45) is 1.67. The molecule has 0 radical (unpaired) electrons. The highest BCUT2D eigenvalue weighted by Gasteiger charge is 2.18. The summed E-state index contributed by atoms with van der Waals surface area (Å²) >= 11 is 5.87. The lowest BCUT2D eigenvalue weighted by Crippen LogP contribution is -2.46. The number of amides is 1. The third-order valence-electron chi connectivity index (χ3n) is 3.83. The molecule has 0 atom stereocenters. The van der Waals surface area contributed by atoms with Gasteiger partial charge >= 0.3 is 0 Å². The topological polar surface area (TPSA) is 62.5 Å². The van der Waals surface area contributed by atoms with Gasteiger partial charge in [0.1, 0.15) is 5.82 Å². The number of rotatable bonds is 3. The fourth-order valence-electron chi connectivity index (χ4n) is 2.59. The molecule has 0 spiro atoms. The summed E-state index contributed by atoms with van der Waals surface area (Å²) in [6, 6.07) is 11.2. The van der Waals surface area contributed by atoms with Gasteiger partial charge in [-0.3, -0.25) is 4.79 Å². The monoisotopic (exact) mass is 316 g/mol. The Morgan fingerprint density at radius 2 is 1.64 bits per heavy atom. The number of carbonyl (C=O) groups is 1. The maximum absolute atomic E-state index is 11.1. The minimum Gasteiger partial charge on any atom is -0.368 e. The van der Waals surface area contributed by atoms with E-state index in [2.05, 4.69) is 14.8 Å². The summed E-state index contributed by atoms with van der Waals surface area (Å²) in [5, 5.41) is 0.650. The molecule has 0 aliphatic carbocycles. The van der Waals surface area contributed by atoms with E-state index in [-0.39, 0.29) is 0 Å². The molecule has 1 saturated heterocycles. The number of hydrogen-bond donors (Lipinski definition) is 1. The van der Waals surface area contributed by atoms with E-state index in [9.17, 15) is 4.79 Å². The maximum Gasteiger partial charge on any atom is 0.248 e. The van der Waals surface area contributed by atoms with Crippen molar-refractivity contribution < 1.29 is 4.79 Å². The molecule has 5 nitrogen and oxygen atoms in total. The Bertz CT molecular complexity index is 649. The summed E-state index contributed by atoms with van der Waals surface area (Å²) in [5.74, 6) is 0.554. The van der Waals surface area contributed by atoms with Crippen molar-refractivity contribution >= 4 is 29.0 Å². The van der Waals surface area contributed by atoms with Gasteiger partial charge in [0.05, 0.1) is 5.02 Å². The van der Waals surface area contributed by atoms with Crippen LogP contribution in [0.4, 0.5) is 11.5 Å². The van der Waals surface area contributed by atoms with Crippen molar-refractivity contribution in [3.63, 3.8) is 0 Å². The first-order chi connectivity index (χ1) is 10.6. The van der Waals surface area contributed by atoms with Crippen LogP contribution in [0.25, 0.3) is 0 Å². The molecule has 22 heavy (non-hydrogen) atoms. The van der Waals surface area contributed by atoms with Crippen molar-refractivity contribution in [2.45, 2.75) is 0 Å². The molecular formula is C16H17ClN4O. The average Bonchev–Trinajstić information content (AvgIpc) is 2.56. The molecule has 1 fully saturated rings. The van der Waals surface area contributed by atoms with Crippen LogP contribution in [0, 0.1) is 0 Å². The van der Waals surface area contributed by atoms with Crippen LogP contribution in [0.2, 0.25) is 5.02 Å². The molecule has 1 amide bonds. The van der Waals surface area contributed by atoms with Crippen molar-refractivity contribution in [1.29, 1.82) is 0 Å². The van der Waals surface area contributed by atoms with Gasteiger partial charge in [0.25, 0.3) is 0 Å². The van der Waals surface area contributed by atoms with Crippen LogP contribution in [0.1, 0.15) is 10.4 Å². The molecule has 6 heteroatoms. The molecule has 2 aromatic rings. The molecule has 1 aliphatic heterocycles. The summed E-state index contributed by atoms with van der Waals surface area (Å²) in [6.45, 7) is 3.60. The standard InChI is InChI=1S/C16H17ClN4O/c17-13-3-6-15(19-11-13)21-9-7-20(8-10-21)14-4-1-12(2-5-14)16(18)22/h1-6,11H,7-10H2,(H2,18,22). The number of nitrogens with two attached hydrogens (primary N) is 1. The average molecular weight is 317 g/mol. The zero-order chi connectivity index (χ0) is 15.5. The summed E-state index contributed by atoms with van der Waals surface area (Å²) in [5.41, 5.74) is 6.90. The maximum atomic E-state index is 11.1. The number of pyridine rings is 1. The second-order valence-corrected chi connectivity index (χ2v) is 5.66. The molecule has 0 unspecified atom stereocenters. The number of hydrogen-bond acceptors (Lipinski definition) is 4. The predicted molar refractivity (Wildman–Crippen MR) is 88.6 cm³/mol. The SMILES string of the molecule is NC(=O)c1ccc(N2CCN(c3ccc(Cl)cn3)CC2)cc1. The van der Waals surface area contributed by atoms with Gasteiger partial charge in [0.2, 0.25) is 5.91 Å². The zero-order valence-electron chi connectivity index (χ0n) is 12.1. The van der Waals surface area contributed by atoms with Crippen LogP contribution < -0.4 is 15.5 Å². The number of primary amides is 1. The molecular weight excluding hydrogens is 300 g/mol. The van der Waals surface area contributed by atoms with E-state index < -0.39 is 5.91 Å². The van der Waals surface area contributed by atoms with Gasteiger partial charge in [-0.15, -0.1) is 0 Å². The van der Waals surface area contributed by atoms with Gasteiger partial charge < -0.3 is 15.5 Å². The highest BCUT2D eigenvalue weighted by Crippen LogP contribution is 2.20. The Balaban J connectivity index is 1.63. The number of benzene rings is 1. The highest BCUT2D eigenvalue weighted by atomic mass is 35.5. The van der Waals surface area contributed by atoms with Crippen LogP contribution in [-0.4, -0.2) is 37.1 Å². The second kappa shape index (κ2) is 6.23. The molecule has 0 bridgehead atoms. The normalized spacial score (nSPS) is 15.0. The summed E-state index contributed by atoms with van der Waals surface area (Å²) in [7, 11) is 0. The van der Waals surface area contributed by atoms with Gasteiger partial charge in [0.15, 0.2) is 0 Å². The van der Waals surface area contributed by atoms with Gasteiger partial charge in [-0.2, -0.15) is 0 Å². The second-order valence-electron chi connectivity index (χ2n) is 5.22. The van der Waals surface area contributed by atoms with Crippen LogP contribution in [0.5, 0.6) is 0 Å². The first-order valence-corrected chi connectivity index (χ1v) is 7.52. The Morgan fingerprint density at radius 3 is 2.18 bits per heavy atom. The van der Waals surface area contributed by atoms with Crippen molar-refractivity contribution in [3.05, 3.63) is 53.2 Å². The molecule has 1 aromatic carbocycles. The van der Waals surface area contributed by atoms with E-state index in [1.54, 1.807) is 18.3 Å². The Kier molecular flexibility index (Phi) is 4.15. The van der Waals surface area contributed by atoms with Crippen molar-refractivity contribution in [2.24, 2.45) is 5.73 Å². The van der Waals surface area contributed by atoms with E-state index in [4.69, 9.17) is 17.3 Å². The van der Waals surface area contributed by atoms with Crippen molar-refractivity contribution in [3.8, 4) is 0 Å². The third kappa shape index (κ3) is 3.14. The zero-order valence-corrected chi connectivity index (χ0v) is 12.8. The molecule has 1 aliphatic rings. The number of piperazine rings is 1. The first-order valence-electron chi connectivity index (χ1n) is 7.15. The smallest absolute Gasteiger partial charge is 0.248 e. The van der Waals surface area contributed by atoms with Crippen molar-refractivity contribution in [1.82, 2.24) is 4.98 Å². The quantitative estimate of drug-likeness (QED) is 0.942. The van der Waals surface area contributed by atoms with Crippen LogP contribution in [0.3, 0.4) is 0 Å². The first kappa shape index (κ1) is 14.7. The molecule has 1 aromatic heterocycles. The van der Waals surface area contributed by atoms with E-state index in [0.717, 1.165) is 37.7 Å². The number of carbonyl (C=O) groups excluding carboxylic acids is 1. The number of nitrogens with zero attached hydrogens (tertiary/aromatic N) is 3. The van der Waals surface area contributed by atoms with E-state index in [0.29, 0.717) is 10.6 Å². The van der Waals surface area contributed by atoms with Gasteiger partial charge in [-0.1, -0.05) is 11.6 Å². The number of halogens is 1. The number of aromatic nitrogens is 1. The minimum atomic E-state index is -0.398. The Morgan fingerprint density at radius 1 is 1.00 bits per heavy atom. The summed E-state index contributed by atoms with van der Waals surface area (Å²) in [4.78, 5) is 20.0.